The second-order valence-electron chi connectivity index (χ2n) is 5.32. The average Bonchev–Trinajstić information content (AvgIpc) is 2.57. The average molecular weight is 282 g/mol. The summed E-state index contributed by atoms with van der Waals surface area (Å²) < 4.78 is 0. The molecule has 0 aliphatic carbocycles. The number of likely N-dealkylation sites (N-methyl/N-ethyl adjacent to an activating group) is 1. The molecule has 4 heteroatoms. The molecule has 1 N–H and O–H groups in total. The zero-order chi connectivity index (χ0) is 14.5. The van der Waals surface area contributed by atoms with Gasteiger partial charge in [-0.2, -0.15) is 0 Å². The standard InChI is InChI=1S/C17H22N4/c1-2-20-10-12-21(13-11-20)17-9-8-16(14-18-17)19-15-6-4-3-5-7-15/h3-9,14,19H,2,10-13H2,1H3. The van der Waals surface area contributed by atoms with E-state index in [-0.39, 0.29) is 0 Å². The van der Waals surface area contributed by atoms with Crippen molar-refractivity contribution in [3.8, 4) is 0 Å². The van der Waals surface area contributed by atoms with E-state index in [9.17, 15) is 0 Å². The highest BCUT2D eigenvalue weighted by Gasteiger charge is 2.16. The Balaban J connectivity index is 1.62. The van der Waals surface area contributed by atoms with Crippen molar-refractivity contribution in [2.45, 2.75) is 6.92 Å². The number of nitrogens with zero attached hydrogens (tertiary/aromatic N) is 3. The van der Waals surface area contributed by atoms with Crippen molar-refractivity contribution in [2.75, 3.05) is 42.9 Å². The van der Waals surface area contributed by atoms with Gasteiger partial charge in [-0.15, -0.1) is 0 Å². The maximum atomic E-state index is 4.59. The van der Waals surface area contributed by atoms with Gasteiger partial charge in [0.15, 0.2) is 0 Å². The lowest BCUT2D eigenvalue weighted by molar-refractivity contribution is 0.270. The Kier molecular flexibility index (Phi) is 4.36. The zero-order valence-electron chi connectivity index (χ0n) is 12.5. The quantitative estimate of drug-likeness (QED) is 0.934. The number of pyridine rings is 1. The Labute approximate surface area is 126 Å². The lowest BCUT2D eigenvalue weighted by atomic mass is 10.3. The first kappa shape index (κ1) is 13.9. The van der Waals surface area contributed by atoms with Crippen LogP contribution in [0.25, 0.3) is 0 Å². The molecular weight excluding hydrogens is 260 g/mol. The van der Waals surface area contributed by atoms with Gasteiger partial charge in [-0.3, -0.25) is 0 Å². The molecule has 1 aromatic heterocycles. The van der Waals surface area contributed by atoms with Gasteiger partial charge in [0.05, 0.1) is 11.9 Å². The van der Waals surface area contributed by atoms with Crippen LogP contribution in [0.15, 0.2) is 48.7 Å². The molecule has 1 aliphatic heterocycles. The summed E-state index contributed by atoms with van der Waals surface area (Å²) in [7, 11) is 0. The molecule has 0 unspecified atom stereocenters. The smallest absolute Gasteiger partial charge is 0.128 e. The van der Waals surface area contributed by atoms with Gasteiger partial charge in [0.25, 0.3) is 0 Å². The fraction of sp³-hybridized carbons (Fsp3) is 0.353. The highest BCUT2D eigenvalue weighted by atomic mass is 15.3. The minimum atomic E-state index is 1.03. The Morgan fingerprint density at radius 3 is 2.33 bits per heavy atom. The minimum absolute atomic E-state index is 1.03. The molecule has 4 nitrogen and oxygen atoms in total. The molecule has 0 atom stereocenters. The van der Waals surface area contributed by atoms with Crippen molar-refractivity contribution >= 4 is 17.2 Å². The maximum Gasteiger partial charge on any atom is 0.128 e. The Morgan fingerprint density at radius 1 is 0.952 bits per heavy atom. The van der Waals surface area contributed by atoms with Crippen LogP contribution in [0.3, 0.4) is 0 Å². The first-order valence-electron chi connectivity index (χ1n) is 7.60. The van der Waals surface area contributed by atoms with Gasteiger partial charge in [-0.1, -0.05) is 25.1 Å². The van der Waals surface area contributed by atoms with E-state index in [4.69, 9.17) is 0 Å². The molecule has 1 aliphatic rings. The third kappa shape index (κ3) is 3.52. The Hall–Kier alpha value is -2.07. The molecule has 0 bridgehead atoms. The molecule has 1 aromatic carbocycles. The predicted octanol–water partition coefficient (Wildman–Crippen LogP) is 2.97. The highest BCUT2D eigenvalue weighted by Crippen LogP contribution is 2.19. The summed E-state index contributed by atoms with van der Waals surface area (Å²) in [5.74, 6) is 1.07. The molecule has 2 heterocycles. The van der Waals surface area contributed by atoms with Crippen LogP contribution in [0.1, 0.15) is 6.92 Å². The Bertz CT molecular complexity index is 545. The van der Waals surface area contributed by atoms with Crippen LogP contribution in [-0.4, -0.2) is 42.6 Å². The number of benzene rings is 1. The number of para-hydroxylation sites is 1. The summed E-state index contributed by atoms with van der Waals surface area (Å²) in [6, 6.07) is 14.4. The molecule has 3 rings (SSSR count). The van der Waals surface area contributed by atoms with Crippen LogP contribution in [0.2, 0.25) is 0 Å². The van der Waals surface area contributed by atoms with Crippen LogP contribution in [0, 0.1) is 0 Å². The van der Waals surface area contributed by atoms with E-state index in [1.807, 2.05) is 24.4 Å². The SMILES string of the molecule is CCN1CCN(c2ccc(Nc3ccccc3)cn2)CC1. The molecule has 21 heavy (non-hydrogen) atoms. The van der Waals surface area contributed by atoms with E-state index in [2.05, 4.69) is 51.3 Å². The third-order valence-electron chi connectivity index (χ3n) is 3.95. The first-order valence-corrected chi connectivity index (χ1v) is 7.60. The predicted molar refractivity (Wildman–Crippen MR) is 88.3 cm³/mol. The van der Waals surface area contributed by atoms with Gasteiger partial charge in [-0.25, -0.2) is 4.98 Å². The van der Waals surface area contributed by atoms with Crippen molar-refractivity contribution in [3.05, 3.63) is 48.7 Å². The monoisotopic (exact) mass is 282 g/mol. The normalized spacial score (nSPS) is 16.0. The maximum absolute atomic E-state index is 4.59. The molecule has 1 fully saturated rings. The summed E-state index contributed by atoms with van der Waals surface area (Å²) >= 11 is 0. The Morgan fingerprint density at radius 2 is 1.71 bits per heavy atom. The summed E-state index contributed by atoms with van der Waals surface area (Å²) in [4.78, 5) is 9.43. The number of rotatable bonds is 4. The lowest BCUT2D eigenvalue weighted by Gasteiger charge is -2.34. The molecule has 0 amide bonds. The number of nitrogens with one attached hydrogen (secondary N) is 1. The van der Waals surface area contributed by atoms with E-state index >= 15 is 0 Å². The molecule has 0 saturated carbocycles. The number of hydrogen-bond acceptors (Lipinski definition) is 4. The lowest BCUT2D eigenvalue weighted by Crippen LogP contribution is -2.46. The van der Waals surface area contributed by atoms with Gasteiger partial charge >= 0.3 is 0 Å². The van der Waals surface area contributed by atoms with E-state index in [0.717, 1.165) is 49.9 Å². The van der Waals surface area contributed by atoms with Gasteiger partial charge < -0.3 is 15.1 Å². The minimum Gasteiger partial charge on any atom is -0.354 e. The second-order valence-corrected chi connectivity index (χ2v) is 5.32. The summed E-state index contributed by atoms with van der Waals surface area (Å²) in [6.07, 6.45) is 1.91. The molecule has 1 saturated heterocycles. The third-order valence-corrected chi connectivity index (χ3v) is 3.95. The molecule has 110 valence electrons. The fourth-order valence-electron chi connectivity index (χ4n) is 2.63. The van der Waals surface area contributed by atoms with Gasteiger partial charge in [-0.05, 0) is 30.8 Å². The van der Waals surface area contributed by atoms with Crippen LogP contribution in [0.4, 0.5) is 17.2 Å². The fourth-order valence-corrected chi connectivity index (χ4v) is 2.63. The van der Waals surface area contributed by atoms with Crippen molar-refractivity contribution in [1.82, 2.24) is 9.88 Å². The zero-order valence-corrected chi connectivity index (χ0v) is 12.5. The number of aromatic nitrogens is 1. The second kappa shape index (κ2) is 6.59. The summed E-state index contributed by atoms with van der Waals surface area (Å²) in [5.41, 5.74) is 2.11. The molecule has 0 radical (unpaired) electrons. The summed E-state index contributed by atoms with van der Waals surface area (Å²) in [5, 5.41) is 3.36. The first-order chi connectivity index (χ1) is 10.3. The molecule has 2 aromatic rings. The van der Waals surface area contributed by atoms with E-state index < -0.39 is 0 Å². The number of piperazine rings is 1. The van der Waals surface area contributed by atoms with Crippen LogP contribution in [-0.2, 0) is 0 Å². The number of hydrogen-bond donors (Lipinski definition) is 1. The van der Waals surface area contributed by atoms with Crippen molar-refractivity contribution in [2.24, 2.45) is 0 Å². The van der Waals surface area contributed by atoms with Crippen molar-refractivity contribution in [1.29, 1.82) is 0 Å². The van der Waals surface area contributed by atoms with Crippen LogP contribution < -0.4 is 10.2 Å². The van der Waals surface area contributed by atoms with Crippen molar-refractivity contribution < 1.29 is 0 Å². The van der Waals surface area contributed by atoms with Crippen LogP contribution >= 0.6 is 0 Å². The van der Waals surface area contributed by atoms with Gasteiger partial charge in [0.1, 0.15) is 5.82 Å². The van der Waals surface area contributed by atoms with Gasteiger partial charge in [0, 0.05) is 31.9 Å². The van der Waals surface area contributed by atoms with Gasteiger partial charge in [0.2, 0.25) is 0 Å². The largest absolute Gasteiger partial charge is 0.354 e. The summed E-state index contributed by atoms with van der Waals surface area (Å²) in [6.45, 7) is 7.74. The number of anilines is 3. The highest BCUT2D eigenvalue weighted by molar-refractivity contribution is 5.60. The van der Waals surface area contributed by atoms with Crippen molar-refractivity contribution in [3.63, 3.8) is 0 Å². The van der Waals surface area contributed by atoms with E-state index in [0.29, 0.717) is 0 Å². The van der Waals surface area contributed by atoms with E-state index in [1.54, 1.807) is 0 Å². The van der Waals surface area contributed by atoms with E-state index in [1.165, 1.54) is 0 Å². The molecule has 0 spiro atoms. The van der Waals surface area contributed by atoms with Crippen LogP contribution in [0.5, 0.6) is 0 Å². The molecular formula is C17H22N4. The topological polar surface area (TPSA) is 31.4 Å².